The van der Waals surface area contributed by atoms with E-state index in [0.29, 0.717) is 6.42 Å². The van der Waals surface area contributed by atoms with Gasteiger partial charge in [0.05, 0.1) is 31.3 Å². The molecule has 0 aromatic heterocycles. The molecule has 0 rings (SSSR count). The van der Waals surface area contributed by atoms with E-state index in [2.05, 4.69) is 43.5 Å². The number of aliphatic hydroxyl groups excluding tert-OH is 3. The largest absolute Gasteiger partial charge is 0.394 e. The Bertz CT molecular complexity index is 824. The van der Waals surface area contributed by atoms with Crippen LogP contribution in [0.25, 0.3) is 0 Å². The summed E-state index contributed by atoms with van der Waals surface area (Å²) < 4.78 is 0. The summed E-state index contributed by atoms with van der Waals surface area (Å²) in [6.45, 7) is 4.21. The predicted octanol–water partition coefficient (Wildman–Crippen LogP) is 13.5. The summed E-state index contributed by atoms with van der Waals surface area (Å²) >= 11 is 0. The molecule has 1 amide bonds. The lowest BCUT2D eigenvalue weighted by Crippen LogP contribution is -2.45. The summed E-state index contributed by atoms with van der Waals surface area (Å²) in [5.74, 6) is -0.328. The number of unbranched alkanes of at least 4 members (excludes halogenated alkanes) is 29. The molecule has 0 aromatic carbocycles. The topological polar surface area (TPSA) is 89.8 Å². The van der Waals surface area contributed by atoms with Crippen molar-refractivity contribution in [2.45, 2.75) is 257 Å². The summed E-state index contributed by atoms with van der Waals surface area (Å²) in [5, 5.41) is 33.2. The third-order valence-electron chi connectivity index (χ3n) is 10.6. The zero-order chi connectivity index (χ0) is 38.7. The molecule has 312 valence electrons. The van der Waals surface area contributed by atoms with Crippen LogP contribution < -0.4 is 5.32 Å². The van der Waals surface area contributed by atoms with Gasteiger partial charge in [-0.05, 0) is 57.8 Å². The van der Waals surface area contributed by atoms with Crippen LogP contribution >= 0.6 is 0 Å². The van der Waals surface area contributed by atoms with Crippen molar-refractivity contribution in [3.63, 3.8) is 0 Å². The Hall–Kier alpha value is -1.43. The molecule has 0 saturated carbocycles. The number of hydrogen-bond acceptors (Lipinski definition) is 4. The molecule has 0 aromatic rings. The molecular weight excluding hydrogens is 655 g/mol. The molecule has 0 aliphatic heterocycles. The Kier molecular flexibility index (Phi) is 42.1. The van der Waals surface area contributed by atoms with E-state index >= 15 is 0 Å². The Morgan fingerprint density at radius 3 is 1.21 bits per heavy atom. The first-order valence-electron chi connectivity index (χ1n) is 23.3. The van der Waals surface area contributed by atoms with Gasteiger partial charge >= 0.3 is 0 Å². The highest BCUT2D eigenvalue weighted by Crippen LogP contribution is 2.15. The predicted molar refractivity (Wildman–Crippen MR) is 231 cm³/mol. The van der Waals surface area contributed by atoms with Crippen LogP contribution in [0.5, 0.6) is 0 Å². The lowest BCUT2D eigenvalue weighted by Gasteiger charge is -2.21. The first kappa shape index (κ1) is 51.6. The number of nitrogens with one attached hydrogen (secondary N) is 1. The van der Waals surface area contributed by atoms with Crippen LogP contribution in [0.15, 0.2) is 36.5 Å². The van der Waals surface area contributed by atoms with Gasteiger partial charge in [-0.2, -0.15) is 0 Å². The summed E-state index contributed by atoms with van der Waals surface area (Å²) in [6.07, 6.45) is 54.4. The smallest absolute Gasteiger partial charge is 0.222 e. The molecule has 0 fully saturated rings. The quantitative estimate of drug-likeness (QED) is 0.0370. The van der Waals surface area contributed by atoms with Crippen molar-refractivity contribution in [1.29, 1.82) is 0 Å². The maximum Gasteiger partial charge on any atom is 0.222 e. The fraction of sp³-hybridized carbons (Fsp3) is 0.854. The van der Waals surface area contributed by atoms with Gasteiger partial charge in [-0.3, -0.25) is 4.79 Å². The summed E-state index contributed by atoms with van der Waals surface area (Å²) in [7, 11) is 0. The Morgan fingerprint density at radius 2 is 0.811 bits per heavy atom. The first-order chi connectivity index (χ1) is 26.0. The third kappa shape index (κ3) is 40.1. The normalized spacial score (nSPS) is 13.8. The van der Waals surface area contributed by atoms with Crippen LogP contribution in [0.4, 0.5) is 0 Å². The molecule has 0 radical (unpaired) electrons. The summed E-state index contributed by atoms with van der Waals surface area (Å²) in [5.41, 5.74) is 0. The van der Waals surface area contributed by atoms with Crippen LogP contribution in [0.2, 0.25) is 0 Å². The van der Waals surface area contributed by atoms with Crippen LogP contribution in [-0.2, 0) is 4.79 Å². The molecule has 0 aliphatic carbocycles. The zero-order valence-corrected chi connectivity index (χ0v) is 35.4. The van der Waals surface area contributed by atoms with Gasteiger partial charge in [-0.25, -0.2) is 0 Å². The molecule has 3 unspecified atom stereocenters. The average molecular weight is 746 g/mol. The molecule has 3 atom stereocenters. The Morgan fingerprint density at radius 1 is 0.472 bits per heavy atom. The fourth-order valence-corrected chi connectivity index (χ4v) is 7.06. The van der Waals surface area contributed by atoms with Crippen molar-refractivity contribution in [2.24, 2.45) is 0 Å². The maximum atomic E-state index is 12.4. The summed E-state index contributed by atoms with van der Waals surface area (Å²) in [6, 6.07) is -0.762. The molecule has 5 nitrogen and oxygen atoms in total. The SMILES string of the molecule is CCCCCCCCCCCC/C=C/CC/C=C/C(O)C(CO)NC(=O)CC(O)CCCCCCCC/C=C\CCCCCCCCCCCCCC. The molecule has 5 heteroatoms. The summed E-state index contributed by atoms with van der Waals surface area (Å²) in [4.78, 5) is 12.4. The number of amides is 1. The molecule has 0 aliphatic rings. The zero-order valence-electron chi connectivity index (χ0n) is 35.4. The van der Waals surface area contributed by atoms with E-state index in [1.54, 1.807) is 6.08 Å². The lowest BCUT2D eigenvalue weighted by molar-refractivity contribution is -0.124. The van der Waals surface area contributed by atoms with Crippen LogP contribution in [-0.4, -0.2) is 46.1 Å². The standard InChI is InChI=1S/C48H91NO4/c1-3-5-7-9-11-13-15-17-19-21-22-23-24-25-26-27-29-31-33-35-37-39-41-45(51)43-48(53)49-46(44-50)47(52)42-40-38-36-34-32-30-28-20-18-16-14-12-10-8-6-4-2/h25-26,32,34,40,42,45-47,50-52H,3-24,27-31,33,35-39,41,43-44H2,1-2H3,(H,49,53)/b26-25-,34-32+,42-40+. The van der Waals surface area contributed by atoms with Crippen molar-refractivity contribution >= 4 is 5.91 Å². The lowest BCUT2D eigenvalue weighted by atomic mass is 10.0. The van der Waals surface area contributed by atoms with Crippen molar-refractivity contribution in [1.82, 2.24) is 5.32 Å². The number of carbonyl (C=O) groups is 1. The monoisotopic (exact) mass is 746 g/mol. The average Bonchev–Trinajstić information content (AvgIpc) is 3.15. The second-order valence-corrected chi connectivity index (χ2v) is 16.0. The fourth-order valence-electron chi connectivity index (χ4n) is 7.06. The van der Waals surface area contributed by atoms with Crippen LogP contribution in [0, 0.1) is 0 Å². The highest BCUT2D eigenvalue weighted by molar-refractivity contribution is 5.76. The maximum absolute atomic E-state index is 12.4. The molecule has 53 heavy (non-hydrogen) atoms. The van der Waals surface area contributed by atoms with E-state index in [0.717, 1.165) is 32.1 Å². The Balaban J connectivity index is 3.67. The van der Waals surface area contributed by atoms with E-state index in [1.165, 1.54) is 180 Å². The molecule has 0 heterocycles. The highest BCUT2D eigenvalue weighted by Gasteiger charge is 2.20. The minimum atomic E-state index is -0.952. The Labute approximate surface area is 330 Å². The van der Waals surface area contributed by atoms with Gasteiger partial charge in [0.1, 0.15) is 0 Å². The second-order valence-electron chi connectivity index (χ2n) is 16.0. The second kappa shape index (κ2) is 43.3. The molecule has 0 bridgehead atoms. The minimum Gasteiger partial charge on any atom is -0.394 e. The third-order valence-corrected chi connectivity index (χ3v) is 10.6. The van der Waals surface area contributed by atoms with Gasteiger partial charge < -0.3 is 20.6 Å². The van der Waals surface area contributed by atoms with Crippen molar-refractivity contribution < 1.29 is 20.1 Å². The highest BCUT2D eigenvalue weighted by atomic mass is 16.3. The van der Waals surface area contributed by atoms with Gasteiger partial charge in [0.25, 0.3) is 0 Å². The van der Waals surface area contributed by atoms with Crippen LogP contribution in [0.1, 0.15) is 239 Å². The van der Waals surface area contributed by atoms with E-state index in [-0.39, 0.29) is 18.9 Å². The van der Waals surface area contributed by atoms with Gasteiger partial charge in [0.2, 0.25) is 5.91 Å². The number of hydrogen-bond donors (Lipinski definition) is 4. The van der Waals surface area contributed by atoms with E-state index in [9.17, 15) is 20.1 Å². The van der Waals surface area contributed by atoms with Gasteiger partial charge in [-0.15, -0.1) is 0 Å². The van der Waals surface area contributed by atoms with Gasteiger partial charge in [-0.1, -0.05) is 211 Å². The first-order valence-corrected chi connectivity index (χ1v) is 23.3. The van der Waals surface area contributed by atoms with E-state index < -0.39 is 18.2 Å². The molecule has 0 spiro atoms. The van der Waals surface area contributed by atoms with Crippen LogP contribution in [0.3, 0.4) is 0 Å². The number of aliphatic hydroxyl groups is 3. The van der Waals surface area contributed by atoms with E-state index in [1.807, 2.05) is 6.08 Å². The van der Waals surface area contributed by atoms with Crippen molar-refractivity contribution in [3.8, 4) is 0 Å². The number of rotatable bonds is 42. The molecular formula is C48H91NO4. The van der Waals surface area contributed by atoms with Crippen molar-refractivity contribution in [2.75, 3.05) is 6.61 Å². The molecule has 0 saturated heterocycles. The van der Waals surface area contributed by atoms with Gasteiger partial charge in [0, 0.05) is 0 Å². The number of allylic oxidation sites excluding steroid dienone is 5. The number of carbonyl (C=O) groups excluding carboxylic acids is 1. The van der Waals surface area contributed by atoms with Crippen molar-refractivity contribution in [3.05, 3.63) is 36.5 Å². The van der Waals surface area contributed by atoms with Gasteiger partial charge in [0.15, 0.2) is 0 Å². The van der Waals surface area contributed by atoms with E-state index in [4.69, 9.17) is 0 Å². The molecule has 4 N–H and O–H groups in total. The minimum absolute atomic E-state index is 0.00235.